The van der Waals surface area contributed by atoms with Crippen molar-refractivity contribution in [2.75, 3.05) is 5.32 Å². The Balaban J connectivity index is 1.71. The molecule has 0 fully saturated rings. The number of nitrogens with one attached hydrogen (secondary N) is 1. The number of phenols is 1. The molecule has 5 heteroatoms. The van der Waals surface area contributed by atoms with Gasteiger partial charge >= 0.3 is 5.97 Å². The van der Waals surface area contributed by atoms with Crippen molar-refractivity contribution in [2.24, 2.45) is 0 Å². The first-order chi connectivity index (χ1) is 13.0. The molecule has 0 bridgehead atoms. The summed E-state index contributed by atoms with van der Waals surface area (Å²) in [6.45, 7) is 1.50. The molecule has 0 aliphatic carbocycles. The van der Waals surface area contributed by atoms with Crippen LogP contribution in [0.3, 0.4) is 0 Å². The molecule has 5 nitrogen and oxygen atoms in total. The number of aromatic hydroxyl groups is 1. The Bertz CT molecular complexity index is 953. The highest BCUT2D eigenvalue weighted by Crippen LogP contribution is 2.27. The van der Waals surface area contributed by atoms with E-state index in [4.69, 9.17) is 4.74 Å². The number of amides is 1. The Morgan fingerprint density at radius 1 is 0.926 bits per heavy atom. The van der Waals surface area contributed by atoms with Crippen molar-refractivity contribution in [3.8, 4) is 16.9 Å². The van der Waals surface area contributed by atoms with Crippen molar-refractivity contribution in [1.82, 2.24) is 0 Å². The summed E-state index contributed by atoms with van der Waals surface area (Å²) in [5.74, 6) is -1.16. The molecular weight excluding hydrogens is 342 g/mol. The number of esters is 1. The van der Waals surface area contributed by atoms with Gasteiger partial charge in [-0.3, -0.25) is 4.79 Å². The number of carbonyl (C=O) groups excluding carboxylic acids is 2. The van der Waals surface area contributed by atoms with Gasteiger partial charge in [0.25, 0.3) is 5.91 Å². The van der Waals surface area contributed by atoms with Crippen molar-refractivity contribution >= 4 is 17.6 Å². The van der Waals surface area contributed by atoms with E-state index in [-0.39, 0.29) is 11.3 Å². The predicted molar refractivity (Wildman–Crippen MR) is 103 cm³/mol. The summed E-state index contributed by atoms with van der Waals surface area (Å²) in [4.78, 5) is 24.6. The molecule has 0 radical (unpaired) electrons. The average Bonchev–Trinajstić information content (AvgIpc) is 2.69. The number of benzene rings is 3. The van der Waals surface area contributed by atoms with Gasteiger partial charge in [0.05, 0.1) is 5.56 Å². The van der Waals surface area contributed by atoms with E-state index in [9.17, 15) is 14.7 Å². The van der Waals surface area contributed by atoms with Crippen LogP contribution in [0.1, 0.15) is 17.3 Å². The number of rotatable bonds is 5. The normalized spacial score (nSPS) is 11.4. The topological polar surface area (TPSA) is 75.6 Å². The largest absolute Gasteiger partial charge is 0.508 e. The molecular formula is C22H19NO4. The van der Waals surface area contributed by atoms with Gasteiger partial charge in [-0.05, 0) is 36.8 Å². The summed E-state index contributed by atoms with van der Waals surface area (Å²) >= 11 is 0. The highest BCUT2D eigenvalue weighted by Gasteiger charge is 2.20. The van der Waals surface area contributed by atoms with Gasteiger partial charge in [-0.2, -0.15) is 0 Å². The maximum Gasteiger partial charge on any atom is 0.339 e. The molecule has 1 amide bonds. The molecule has 0 saturated carbocycles. The fourth-order valence-electron chi connectivity index (χ4n) is 2.61. The average molecular weight is 361 g/mol. The fourth-order valence-corrected chi connectivity index (χ4v) is 2.61. The number of hydrogen-bond donors (Lipinski definition) is 2. The number of ether oxygens (including phenoxy) is 1. The van der Waals surface area contributed by atoms with Gasteiger partial charge in [0.1, 0.15) is 5.75 Å². The third-order valence-corrected chi connectivity index (χ3v) is 4.00. The molecule has 0 unspecified atom stereocenters. The van der Waals surface area contributed by atoms with Crippen LogP contribution in [0.15, 0.2) is 78.9 Å². The van der Waals surface area contributed by atoms with Gasteiger partial charge in [0.15, 0.2) is 6.10 Å². The van der Waals surface area contributed by atoms with Crippen LogP contribution in [0, 0.1) is 0 Å². The second-order valence-corrected chi connectivity index (χ2v) is 6.00. The third-order valence-electron chi connectivity index (χ3n) is 4.00. The summed E-state index contributed by atoms with van der Waals surface area (Å²) in [6, 6.07) is 22.9. The molecule has 0 aliphatic heterocycles. The zero-order valence-electron chi connectivity index (χ0n) is 14.8. The monoisotopic (exact) mass is 361 g/mol. The van der Waals surface area contributed by atoms with Gasteiger partial charge in [0.2, 0.25) is 0 Å². The van der Waals surface area contributed by atoms with Crippen LogP contribution in [-0.2, 0) is 9.53 Å². The van der Waals surface area contributed by atoms with E-state index in [1.54, 1.807) is 6.07 Å². The van der Waals surface area contributed by atoms with Crippen molar-refractivity contribution in [3.63, 3.8) is 0 Å². The van der Waals surface area contributed by atoms with E-state index in [0.717, 1.165) is 11.1 Å². The van der Waals surface area contributed by atoms with Crippen molar-refractivity contribution in [1.29, 1.82) is 0 Å². The second kappa shape index (κ2) is 8.19. The molecule has 3 rings (SSSR count). The standard InChI is InChI=1S/C22H19NO4/c1-15(27-22(26)17-10-7-11-18(24)14-17)21(25)23-20-13-6-5-12-19(20)16-8-3-2-4-9-16/h2-15,24H,1H3,(H,23,25)/t15-/m0/s1. The molecule has 1 atom stereocenters. The van der Waals surface area contributed by atoms with Crippen LogP contribution in [0.5, 0.6) is 5.75 Å². The SMILES string of the molecule is C[C@H](OC(=O)c1cccc(O)c1)C(=O)Nc1ccccc1-c1ccccc1. The molecule has 0 spiro atoms. The van der Waals surface area contributed by atoms with Crippen LogP contribution >= 0.6 is 0 Å². The van der Waals surface area contributed by atoms with Crippen LogP contribution in [0.2, 0.25) is 0 Å². The first-order valence-electron chi connectivity index (χ1n) is 8.50. The van der Waals surface area contributed by atoms with E-state index in [1.807, 2.05) is 48.5 Å². The highest BCUT2D eigenvalue weighted by molar-refractivity contribution is 6.00. The minimum absolute atomic E-state index is 0.0432. The Hall–Kier alpha value is -3.60. The van der Waals surface area contributed by atoms with Crippen molar-refractivity contribution in [3.05, 3.63) is 84.4 Å². The highest BCUT2D eigenvalue weighted by atomic mass is 16.5. The summed E-state index contributed by atoms with van der Waals surface area (Å²) in [5, 5.41) is 12.3. The number of para-hydroxylation sites is 1. The fraction of sp³-hybridized carbons (Fsp3) is 0.0909. The first kappa shape index (κ1) is 18.2. The molecule has 27 heavy (non-hydrogen) atoms. The molecule has 0 heterocycles. The van der Waals surface area contributed by atoms with E-state index < -0.39 is 18.0 Å². The molecule has 0 aliphatic rings. The Morgan fingerprint density at radius 3 is 2.37 bits per heavy atom. The Kier molecular flexibility index (Phi) is 5.52. The van der Waals surface area contributed by atoms with E-state index >= 15 is 0 Å². The first-order valence-corrected chi connectivity index (χ1v) is 8.50. The second-order valence-electron chi connectivity index (χ2n) is 6.00. The van der Waals surface area contributed by atoms with E-state index in [1.165, 1.54) is 31.2 Å². The van der Waals surface area contributed by atoms with Gasteiger partial charge in [-0.15, -0.1) is 0 Å². The van der Waals surface area contributed by atoms with Gasteiger partial charge in [-0.25, -0.2) is 4.79 Å². The van der Waals surface area contributed by atoms with E-state index in [2.05, 4.69) is 5.32 Å². The Labute approximate surface area is 157 Å². The minimum atomic E-state index is -0.997. The lowest BCUT2D eigenvalue weighted by molar-refractivity contribution is -0.123. The number of hydrogen-bond acceptors (Lipinski definition) is 4. The molecule has 0 aromatic heterocycles. The molecule has 3 aromatic carbocycles. The van der Waals surface area contributed by atoms with Gasteiger partial charge in [-0.1, -0.05) is 54.6 Å². The van der Waals surface area contributed by atoms with Crippen molar-refractivity contribution in [2.45, 2.75) is 13.0 Å². The summed E-state index contributed by atoms with van der Waals surface area (Å²) in [5.41, 5.74) is 2.66. The summed E-state index contributed by atoms with van der Waals surface area (Å²) in [6.07, 6.45) is -0.997. The lowest BCUT2D eigenvalue weighted by Gasteiger charge is -2.16. The smallest absolute Gasteiger partial charge is 0.339 e. The maximum atomic E-state index is 12.5. The molecule has 2 N–H and O–H groups in total. The van der Waals surface area contributed by atoms with Crippen LogP contribution in [0.25, 0.3) is 11.1 Å². The molecule has 3 aromatic rings. The molecule has 136 valence electrons. The number of anilines is 1. The molecule has 0 saturated heterocycles. The van der Waals surface area contributed by atoms with Crippen LogP contribution < -0.4 is 5.32 Å². The maximum absolute atomic E-state index is 12.5. The zero-order chi connectivity index (χ0) is 19.2. The minimum Gasteiger partial charge on any atom is -0.508 e. The summed E-state index contributed by atoms with van der Waals surface area (Å²) < 4.78 is 5.21. The predicted octanol–water partition coefficient (Wildman–Crippen LogP) is 4.24. The number of carbonyl (C=O) groups is 2. The van der Waals surface area contributed by atoms with Gasteiger partial charge in [0, 0.05) is 11.3 Å². The third kappa shape index (κ3) is 4.52. The lowest BCUT2D eigenvalue weighted by Crippen LogP contribution is -2.30. The number of phenolic OH excluding ortho intramolecular Hbond substituents is 1. The summed E-state index contributed by atoms with van der Waals surface area (Å²) in [7, 11) is 0. The van der Waals surface area contributed by atoms with Gasteiger partial charge < -0.3 is 15.2 Å². The lowest BCUT2D eigenvalue weighted by atomic mass is 10.0. The Morgan fingerprint density at radius 2 is 1.63 bits per heavy atom. The quantitative estimate of drug-likeness (QED) is 0.667. The van der Waals surface area contributed by atoms with Crippen LogP contribution in [-0.4, -0.2) is 23.1 Å². The van der Waals surface area contributed by atoms with Crippen molar-refractivity contribution < 1.29 is 19.4 Å². The van der Waals surface area contributed by atoms with E-state index in [0.29, 0.717) is 5.69 Å². The van der Waals surface area contributed by atoms with Crippen LogP contribution in [0.4, 0.5) is 5.69 Å². The zero-order valence-corrected chi connectivity index (χ0v) is 14.8.